The average molecular weight is 237 g/mol. The number of pyridine rings is 1. The third-order valence-electron chi connectivity index (χ3n) is 2.58. The number of hydrogen-bond acceptors (Lipinski definition) is 3. The maximum atomic E-state index is 11.3. The highest BCUT2D eigenvalue weighted by Crippen LogP contribution is 2.21. The van der Waals surface area contributed by atoms with Gasteiger partial charge in [-0.25, -0.2) is 0 Å². The van der Waals surface area contributed by atoms with Crippen molar-refractivity contribution in [2.75, 3.05) is 0 Å². The topological polar surface area (TPSA) is 79.8 Å². The first-order valence-corrected chi connectivity index (χ1v) is 5.43. The molecule has 0 aliphatic rings. The molecule has 88 valence electrons. The SMILES string of the molecule is N#CCc1ccc(-c2ncccc2C(N)=O)cc1. The lowest BCUT2D eigenvalue weighted by atomic mass is 10.0. The van der Waals surface area contributed by atoms with Crippen LogP contribution in [0, 0.1) is 11.3 Å². The highest BCUT2D eigenvalue weighted by molar-refractivity contribution is 5.98. The summed E-state index contributed by atoms with van der Waals surface area (Å²) in [6.07, 6.45) is 1.98. The molecule has 0 saturated carbocycles. The number of amides is 1. The molecule has 0 saturated heterocycles. The Morgan fingerprint density at radius 3 is 2.61 bits per heavy atom. The Kier molecular flexibility index (Phi) is 3.35. The second-order valence-electron chi connectivity index (χ2n) is 3.80. The number of aromatic nitrogens is 1. The van der Waals surface area contributed by atoms with Gasteiger partial charge >= 0.3 is 0 Å². The maximum absolute atomic E-state index is 11.3. The molecular weight excluding hydrogens is 226 g/mol. The van der Waals surface area contributed by atoms with Crippen molar-refractivity contribution >= 4 is 5.91 Å². The summed E-state index contributed by atoms with van der Waals surface area (Å²) in [7, 11) is 0. The molecule has 4 heteroatoms. The highest BCUT2D eigenvalue weighted by atomic mass is 16.1. The summed E-state index contributed by atoms with van der Waals surface area (Å²) in [6, 6.07) is 12.8. The lowest BCUT2D eigenvalue weighted by Gasteiger charge is -2.05. The largest absolute Gasteiger partial charge is 0.366 e. The number of rotatable bonds is 3. The minimum absolute atomic E-state index is 0.366. The van der Waals surface area contributed by atoms with Gasteiger partial charge in [-0.3, -0.25) is 9.78 Å². The number of carbonyl (C=O) groups is 1. The molecule has 1 heterocycles. The Bertz CT molecular complexity index is 612. The maximum Gasteiger partial charge on any atom is 0.250 e. The van der Waals surface area contributed by atoms with Gasteiger partial charge < -0.3 is 5.73 Å². The molecule has 0 spiro atoms. The summed E-state index contributed by atoms with van der Waals surface area (Å²) in [4.78, 5) is 15.5. The Labute approximate surface area is 105 Å². The fourth-order valence-electron chi connectivity index (χ4n) is 1.71. The number of benzene rings is 1. The first-order valence-electron chi connectivity index (χ1n) is 5.43. The molecule has 0 atom stereocenters. The molecule has 1 aromatic carbocycles. The molecule has 2 N–H and O–H groups in total. The van der Waals surface area contributed by atoms with Crippen LogP contribution in [0.15, 0.2) is 42.6 Å². The van der Waals surface area contributed by atoms with Gasteiger partial charge in [-0.05, 0) is 17.7 Å². The van der Waals surface area contributed by atoms with Gasteiger partial charge in [-0.2, -0.15) is 5.26 Å². The van der Waals surface area contributed by atoms with E-state index in [1.807, 2.05) is 24.3 Å². The van der Waals surface area contributed by atoms with Crippen LogP contribution in [-0.2, 0) is 6.42 Å². The van der Waals surface area contributed by atoms with Crippen LogP contribution in [0.5, 0.6) is 0 Å². The zero-order chi connectivity index (χ0) is 13.0. The van der Waals surface area contributed by atoms with Crippen LogP contribution < -0.4 is 5.73 Å². The van der Waals surface area contributed by atoms with Gasteiger partial charge in [0, 0.05) is 11.8 Å². The molecule has 2 rings (SSSR count). The lowest BCUT2D eigenvalue weighted by Crippen LogP contribution is -2.12. The summed E-state index contributed by atoms with van der Waals surface area (Å²) in [6.45, 7) is 0. The molecule has 0 bridgehead atoms. The van der Waals surface area contributed by atoms with Gasteiger partial charge in [0.2, 0.25) is 0 Å². The fraction of sp³-hybridized carbons (Fsp3) is 0.0714. The summed E-state index contributed by atoms with van der Waals surface area (Å²) in [5.41, 5.74) is 8.00. The van der Waals surface area contributed by atoms with Gasteiger partial charge in [0.25, 0.3) is 5.91 Å². The normalized spacial score (nSPS) is 9.72. The summed E-state index contributed by atoms with van der Waals surface area (Å²) in [5, 5.41) is 8.60. The number of hydrogen-bond donors (Lipinski definition) is 1. The first-order chi connectivity index (χ1) is 8.72. The molecule has 4 nitrogen and oxygen atoms in total. The van der Waals surface area contributed by atoms with Crippen molar-refractivity contribution in [1.29, 1.82) is 5.26 Å². The fourth-order valence-corrected chi connectivity index (χ4v) is 1.71. The molecule has 0 fully saturated rings. The number of nitriles is 1. The van der Waals surface area contributed by atoms with E-state index in [4.69, 9.17) is 11.0 Å². The molecule has 0 aliphatic heterocycles. The molecule has 0 unspecified atom stereocenters. The van der Waals surface area contributed by atoms with E-state index in [2.05, 4.69) is 11.1 Å². The molecule has 0 aliphatic carbocycles. The smallest absolute Gasteiger partial charge is 0.250 e. The van der Waals surface area contributed by atoms with E-state index in [1.165, 1.54) is 0 Å². The van der Waals surface area contributed by atoms with E-state index in [0.29, 0.717) is 17.7 Å². The molecule has 1 aromatic heterocycles. The van der Waals surface area contributed by atoms with Crippen molar-refractivity contribution in [1.82, 2.24) is 4.98 Å². The minimum atomic E-state index is -0.501. The molecule has 1 amide bonds. The van der Waals surface area contributed by atoms with Crippen LogP contribution >= 0.6 is 0 Å². The summed E-state index contributed by atoms with van der Waals surface area (Å²) >= 11 is 0. The number of primary amides is 1. The third-order valence-corrected chi connectivity index (χ3v) is 2.58. The molecule has 18 heavy (non-hydrogen) atoms. The number of carbonyl (C=O) groups excluding carboxylic acids is 1. The Morgan fingerprint density at radius 1 is 1.28 bits per heavy atom. The van der Waals surface area contributed by atoms with E-state index in [0.717, 1.165) is 11.1 Å². The predicted octanol–water partition coefficient (Wildman–Crippen LogP) is 1.91. The van der Waals surface area contributed by atoms with Gasteiger partial charge in [0.1, 0.15) is 0 Å². The van der Waals surface area contributed by atoms with Crippen LogP contribution in [0.2, 0.25) is 0 Å². The van der Waals surface area contributed by atoms with Crippen LogP contribution in [-0.4, -0.2) is 10.9 Å². The van der Waals surface area contributed by atoms with Crippen LogP contribution in [0.3, 0.4) is 0 Å². The molecular formula is C14H11N3O. The van der Waals surface area contributed by atoms with Crippen LogP contribution in [0.1, 0.15) is 15.9 Å². The Balaban J connectivity index is 2.43. The monoisotopic (exact) mass is 237 g/mol. The minimum Gasteiger partial charge on any atom is -0.366 e. The molecule has 0 radical (unpaired) electrons. The highest BCUT2D eigenvalue weighted by Gasteiger charge is 2.10. The Morgan fingerprint density at radius 2 is 2.00 bits per heavy atom. The number of nitrogens with two attached hydrogens (primary N) is 1. The third kappa shape index (κ3) is 2.36. The average Bonchev–Trinajstić information content (AvgIpc) is 2.40. The standard InChI is InChI=1S/C14H11N3O/c15-8-7-10-3-5-11(6-4-10)13-12(14(16)18)2-1-9-17-13/h1-6,9H,7H2,(H2,16,18). The zero-order valence-electron chi connectivity index (χ0n) is 9.63. The summed E-state index contributed by atoms with van der Waals surface area (Å²) in [5.74, 6) is -0.501. The van der Waals surface area contributed by atoms with Crippen LogP contribution in [0.25, 0.3) is 11.3 Å². The zero-order valence-corrected chi connectivity index (χ0v) is 9.63. The van der Waals surface area contributed by atoms with Crippen molar-refractivity contribution in [3.63, 3.8) is 0 Å². The van der Waals surface area contributed by atoms with Gasteiger partial charge in [-0.15, -0.1) is 0 Å². The molecule has 2 aromatic rings. The van der Waals surface area contributed by atoms with Crippen molar-refractivity contribution in [3.8, 4) is 17.3 Å². The van der Waals surface area contributed by atoms with Crippen LogP contribution in [0.4, 0.5) is 0 Å². The van der Waals surface area contributed by atoms with Gasteiger partial charge in [0.15, 0.2) is 0 Å². The van der Waals surface area contributed by atoms with E-state index in [1.54, 1.807) is 18.3 Å². The van der Waals surface area contributed by atoms with E-state index in [9.17, 15) is 4.79 Å². The van der Waals surface area contributed by atoms with Crippen molar-refractivity contribution < 1.29 is 4.79 Å². The quantitative estimate of drug-likeness (QED) is 0.885. The number of nitrogens with zero attached hydrogens (tertiary/aromatic N) is 2. The van der Waals surface area contributed by atoms with Gasteiger partial charge in [-0.1, -0.05) is 24.3 Å². The van der Waals surface area contributed by atoms with Crippen molar-refractivity contribution in [2.24, 2.45) is 5.73 Å². The lowest BCUT2D eigenvalue weighted by molar-refractivity contribution is 0.100. The first kappa shape index (κ1) is 11.8. The van der Waals surface area contributed by atoms with Crippen molar-refractivity contribution in [2.45, 2.75) is 6.42 Å². The van der Waals surface area contributed by atoms with E-state index in [-0.39, 0.29) is 0 Å². The summed E-state index contributed by atoms with van der Waals surface area (Å²) < 4.78 is 0. The second-order valence-corrected chi connectivity index (χ2v) is 3.80. The van der Waals surface area contributed by atoms with E-state index >= 15 is 0 Å². The van der Waals surface area contributed by atoms with Crippen molar-refractivity contribution in [3.05, 3.63) is 53.7 Å². The predicted molar refractivity (Wildman–Crippen MR) is 67.5 cm³/mol. The van der Waals surface area contributed by atoms with E-state index < -0.39 is 5.91 Å². The van der Waals surface area contributed by atoms with Gasteiger partial charge in [0.05, 0.1) is 23.7 Å². The second kappa shape index (κ2) is 5.11. The Hall–Kier alpha value is -2.67.